The van der Waals surface area contributed by atoms with Crippen molar-refractivity contribution >= 4 is 28.9 Å². The number of aryl methyl sites for hydroxylation is 2. The molecule has 118 valence electrons. The molecule has 0 spiro atoms. The molecule has 1 fully saturated rings. The monoisotopic (exact) mass is 338 g/mol. The molecule has 3 rings (SSSR count). The maximum atomic E-state index is 12.3. The van der Waals surface area contributed by atoms with Gasteiger partial charge in [-0.25, -0.2) is 4.68 Å². The second kappa shape index (κ2) is 6.89. The Morgan fingerprint density at radius 3 is 3.09 bits per heavy atom. The molecule has 3 heterocycles. The van der Waals surface area contributed by atoms with Crippen LogP contribution in [0.1, 0.15) is 33.0 Å². The molecule has 0 aliphatic carbocycles. The van der Waals surface area contributed by atoms with Gasteiger partial charge in [-0.15, -0.1) is 16.4 Å². The zero-order valence-electron chi connectivity index (χ0n) is 12.6. The first-order valence-electron chi connectivity index (χ1n) is 7.24. The van der Waals surface area contributed by atoms with Crippen LogP contribution in [0.4, 0.5) is 0 Å². The average molecular weight is 338 g/mol. The van der Waals surface area contributed by atoms with Gasteiger partial charge in [0.15, 0.2) is 5.78 Å². The van der Waals surface area contributed by atoms with Gasteiger partial charge < -0.3 is 4.74 Å². The van der Waals surface area contributed by atoms with Gasteiger partial charge in [0.25, 0.3) is 0 Å². The first-order valence-corrected chi connectivity index (χ1v) is 9.04. The van der Waals surface area contributed by atoms with E-state index in [9.17, 15) is 4.79 Å². The second-order valence-corrected chi connectivity index (χ2v) is 7.72. The van der Waals surface area contributed by atoms with Crippen molar-refractivity contribution in [3.8, 4) is 0 Å². The number of carbonyl (C=O) groups is 1. The van der Waals surface area contributed by atoms with Gasteiger partial charge >= 0.3 is 0 Å². The van der Waals surface area contributed by atoms with Gasteiger partial charge in [0.05, 0.1) is 18.4 Å². The van der Waals surface area contributed by atoms with Crippen molar-refractivity contribution in [1.29, 1.82) is 0 Å². The number of thiophene rings is 1. The first-order chi connectivity index (χ1) is 10.6. The lowest BCUT2D eigenvalue weighted by atomic mass is 10.2. The van der Waals surface area contributed by atoms with Crippen molar-refractivity contribution in [2.75, 3.05) is 12.4 Å². The lowest BCUT2D eigenvalue weighted by molar-refractivity contribution is 0.0912. The zero-order chi connectivity index (χ0) is 15.5. The lowest BCUT2D eigenvalue weighted by Gasteiger charge is -2.09. The number of aromatic nitrogens is 4. The molecule has 0 N–H and O–H groups in total. The molecule has 0 bridgehead atoms. The van der Waals surface area contributed by atoms with E-state index in [1.807, 2.05) is 19.9 Å². The van der Waals surface area contributed by atoms with E-state index in [0.717, 1.165) is 34.8 Å². The van der Waals surface area contributed by atoms with Crippen LogP contribution in [-0.4, -0.2) is 44.5 Å². The molecule has 0 amide bonds. The van der Waals surface area contributed by atoms with E-state index in [0.29, 0.717) is 17.5 Å². The van der Waals surface area contributed by atoms with Gasteiger partial charge in [0.1, 0.15) is 0 Å². The minimum atomic E-state index is 0.124. The molecular weight excluding hydrogens is 320 g/mol. The Morgan fingerprint density at radius 1 is 1.55 bits per heavy atom. The minimum Gasteiger partial charge on any atom is -0.376 e. The van der Waals surface area contributed by atoms with Crippen molar-refractivity contribution in [2.24, 2.45) is 0 Å². The summed E-state index contributed by atoms with van der Waals surface area (Å²) >= 11 is 3.04. The van der Waals surface area contributed by atoms with Crippen LogP contribution in [0.3, 0.4) is 0 Å². The summed E-state index contributed by atoms with van der Waals surface area (Å²) in [6.45, 7) is 5.46. The molecule has 0 radical (unpaired) electrons. The van der Waals surface area contributed by atoms with Crippen LogP contribution < -0.4 is 0 Å². The molecule has 0 aromatic carbocycles. The number of tetrazole rings is 1. The number of rotatable bonds is 6. The van der Waals surface area contributed by atoms with Crippen LogP contribution in [0.15, 0.2) is 11.2 Å². The highest BCUT2D eigenvalue weighted by molar-refractivity contribution is 7.99. The third kappa shape index (κ3) is 3.56. The summed E-state index contributed by atoms with van der Waals surface area (Å²) in [4.78, 5) is 14.5. The molecule has 1 aliphatic heterocycles. The normalized spacial score (nSPS) is 18.0. The van der Waals surface area contributed by atoms with Crippen LogP contribution >= 0.6 is 23.1 Å². The highest BCUT2D eigenvalue weighted by atomic mass is 32.2. The number of thioether (sulfide) groups is 1. The molecular formula is C14H18N4O2S2. The van der Waals surface area contributed by atoms with Crippen molar-refractivity contribution in [1.82, 2.24) is 20.2 Å². The van der Waals surface area contributed by atoms with Gasteiger partial charge in [-0.3, -0.25) is 4.79 Å². The van der Waals surface area contributed by atoms with Gasteiger partial charge in [-0.05, 0) is 43.2 Å². The summed E-state index contributed by atoms with van der Waals surface area (Å²) < 4.78 is 7.34. The topological polar surface area (TPSA) is 69.9 Å². The van der Waals surface area contributed by atoms with Crippen LogP contribution in [-0.2, 0) is 11.3 Å². The van der Waals surface area contributed by atoms with Crippen molar-refractivity contribution in [3.63, 3.8) is 0 Å². The van der Waals surface area contributed by atoms with E-state index in [1.54, 1.807) is 16.0 Å². The molecule has 1 saturated heterocycles. The van der Waals surface area contributed by atoms with Gasteiger partial charge in [0, 0.05) is 21.9 Å². The molecule has 22 heavy (non-hydrogen) atoms. The first kappa shape index (κ1) is 15.6. The summed E-state index contributed by atoms with van der Waals surface area (Å²) in [7, 11) is 0. The Hall–Kier alpha value is -1.25. The standard InChI is InChI=1S/C14H18N4O2S2/c1-9-6-12(10(2)22-9)13(19)8-21-14-15-16-17-18(14)7-11-4-3-5-20-11/h6,11H,3-5,7-8H2,1-2H3. The van der Waals surface area contributed by atoms with E-state index < -0.39 is 0 Å². The van der Waals surface area contributed by atoms with Crippen LogP contribution in [0, 0.1) is 13.8 Å². The van der Waals surface area contributed by atoms with E-state index in [2.05, 4.69) is 15.5 Å². The fourth-order valence-electron chi connectivity index (χ4n) is 2.51. The molecule has 1 aliphatic rings. The maximum Gasteiger partial charge on any atom is 0.209 e. The number of ether oxygens (including phenoxy) is 1. The average Bonchev–Trinajstić information content (AvgIpc) is 3.19. The molecule has 1 atom stereocenters. The third-order valence-electron chi connectivity index (χ3n) is 3.57. The van der Waals surface area contributed by atoms with Crippen molar-refractivity contribution in [2.45, 2.75) is 44.5 Å². The third-order valence-corrected chi connectivity index (χ3v) is 5.50. The summed E-state index contributed by atoms with van der Waals surface area (Å²) in [6.07, 6.45) is 2.31. The fourth-order valence-corrected chi connectivity index (χ4v) is 4.22. The van der Waals surface area contributed by atoms with Gasteiger partial charge in [-0.2, -0.15) is 0 Å². The molecule has 6 nitrogen and oxygen atoms in total. The minimum absolute atomic E-state index is 0.124. The molecule has 1 unspecified atom stereocenters. The Kier molecular flexibility index (Phi) is 4.90. The van der Waals surface area contributed by atoms with E-state index in [-0.39, 0.29) is 11.9 Å². The van der Waals surface area contributed by atoms with E-state index >= 15 is 0 Å². The number of ketones is 1. The quantitative estimate of drug-likeness (QED) is 0.595. The lowest BCUT2D eigenvalue weighted by Crippen LogP contribution is -2.17. The Morgan fingerprint density at radius 2 is 2.41 bits per heavy atom. The molecule has 8 heteroatoms. The zero-order valence-corrected chi connectivity index (χ0v) is 14.2. The maximum absolute atomic E-state index is 12.3. The Bertz CT molecular complexity index is 662. The van der Waals surface area contributed by atoms with Crippen molar-refractivity contribution in [3.05, 3.63) is 21.4 Å². The fraction of sp³-hybridized carbons (Fsp3) is 0.571. The second-order valence-electron chi connectivity index (χ2n) is 5.32. The Labute approximate surface area is 137 Å². The van der Waals surface area contributed by atoms with E-state index in [4.69, 9.17) is 4.74 Å². The van der Waals surface area contributed by atoms with Crippen LogP contribution in [0.5, 0.6) is 0 Å². The number of hydrogen-bond acceptors (Lipinski definition) is 7. The predicted molar refractivity (Wildman–Crippen MR) is 85.6 cm³/mol. The SMILES string of the molecule is Cc1cc(C(=O)CSc2nnnn2CC2CCCO2)c(C)s1. The smallest absolute Gasteiger partial charge is 0.209 e. The summed E-state index contributed by atoms with van der Waals surface area (Å²) in [5.74, 6) is 0.474. The van der Waals surface area contributed by atoms with Crippen molar-refractivity contribution < 1.29 is 9.53 Å². The number of carbonyl (C=O) groups excluding carboxylic acids is 1. The number of hydrogen-bond donors (Lipinski definition) is 0. The largest absolute Gasteiger partial charge is 0.376 e. The molecule has 2 aromatic rings. The summed E-state index contributed by atoms with van der Waals surface area (Å²) in [6, 6.07) is 1.96. The summed E-state index contributed by atoms with van der Waals surface area (Å²) in [5, 5.41) is 12.4. The highest BCUT2D eigenvalue weighted by Crippen LogP contribution is 2.24. The predicted octanol–water partition coefficient (Wildman–Crippen LogP) is 2.51. The molecule has 0 saturated carbocycles. The molecule has 2 aromatic heterocycles. The Balaban J connectivity index is 1.60. The highest BCUT2D eigenvalue weighted by Gasteiger charge is 2.20. The van der Waals surface area contributed by atoms with Gasteiger partial charge in [-0.1, -0.05) is 11.8 Å². The summed E-state index contributed by atoms with van der Waals surface area (Å²) in [5.41, 5.74) is 0.813. The van der Waals surface area contributed by atoms with E-state index in [1.165, 1.54) is 11.8 Å². The number of nitrogens with zero attached hydrogens (tertiary/aromatic N) is 4. The van der Waals surface area contributed by atoms with Gasteiger partial charge in [0.2, 0.25) is 5.16 Å². The van der Waals surface area contributed by atoms with Crippen LogP contribution in [0.25, 0.3) is 0 Å². The number of Topliss-reactive ketones (excluding diaryl/α,β-unsaturated/α-hetero) is 1. The van der Waals surface area contributed by atoms with Crippen LogP contribution in [0.2, 0.25) is 0 Å².